The second kappa shape index (κ2) is 5.42. The zero-order valence-electron chi connectivity index (χ0n) is 9.61. The standard InChI is InChI=1S/C15H11F2N/c16-14-5-1-11(2-6-14)9-13(10-18)12-3-7-15(17)8-4-12/h1-8,13H,9H2. The molecule has 0 saturated heterocycles. The number of rotatable bonds is 3. The highest BCUT2D eigenvalue weighted by Crippen LogP contribution is 2.20. The van der Waals surface area contributed by atoms with Crippen LogP contribution in [0.4, 0.5) is 8.78 Å². The lowest BCUT2D eigenvalue weighted by Gasteiger charge is -2.09. The number of nitrogens with zero attached hydrogens (tertiary/aromatic N) is 1. The maximum absolute atomic E-state index is 12.8. The van der Waals surface area contributed by atoms with Crippen molar-refractivity contribution in [1.82, 2.24) is 0 Å². The molecule has 1 nitrogen and oxygen atoms in total. The highest BCUT2D eigenvalue weighted by molar-refractivity contribution is 5.29. The highest BCUT2D eigenvalue weighted by atomic mass is 19.1. The molecule has 0 fully saturated rings. The van der Waals surface area contributed by atoms with Crippen LogP contribution in [0.15, 0.2) is 48.5 Å². The van der Waals surface area contributed by atoms with E-state index in [1.807, 2.05) is 0 Å². The van der Waals surface area contributed by atoms with Crippen molar-refractivity contribution in [2.45, 2.75) is 12.3 Å². The molecule has 2 rings (SSSR count). The van der Waals surface area contributed by atoms with E-state index in [1.165, 1.54) is 24.3 Å². The Labute approximate surface area is 104 Å². The summed E-state index contributed by atoms with van der Waals surface area (Å²) >= 11 is 0. The number of nitriles is 1. The van der Waals surface area contributed by atoms with Crippen molar-refractivity contribution in [2.24, 2.45) is 0 Å². The van der Waals surface area contributed by atoms with Crippen LogP contribution in [0.2, 0.25) is 0 Å². The van der Waals surface area contributed by atoms with Crippen molar-refractivity contribution in [3.63, 3.8) is 0 Å². The summed E-state index contributed by atoms with van der Waals surface area (Å²) in [5.41, 5.74) is 1.65. The molecule has 0 amide bonds. The Hall–Kier alpha value is -2.21. The highest BCUT2D eigenvalue weighted by Gasteiger charge is 2.11. The van der Waals surface area contributed by atoms with Gasteiger partial charge in [-0.2, -0.15) is 5.26 Å². The van der Waals surface area contributed by atoms with Crippen LogP contribution in [-0.2, 0) is 6.42 Å². The first-order valence-electron chi connectivity index (χ1n) is 5.58. The van der Waals surface area contributed by atoms with E-state index in [0.717, 1.165) is 11.1 Å². The van der Waals surface area contributed by atoms with Crippen molar-refractivity contribution in [3.8, 4) is 6.07 Å². The average molecular weight is 243 g/mol. The molecule has 0 saturated carbocycles. The van der Waals surface area contributed by atoms with E-state index < -0.39 is 0 Å². The van der Waals surface area contributed by atoms with Gasteiger partial charge in [0.15, 0.2) is 0 Å². The molecule has 0 radical (unpaired) electrons. The number of halogens is 2. The Balaban J connectivity index is 2.17. The fourth-order valence-corrected chi connectivity index (χ4v) is 1.79. The van der Waals surface area contributed by atoms with Gasteiger partial charge in [0.2, 0.25) is 0 Å². The van der Waals surface area contributed by atoms with Crippen LogP contribution in [0.1, 0.15) is 17.0 Å². The van der Waals surface area contributed by atoms with E-state index >= 15 is 0 Å². The van der Waals surface area contributed by atoms with Gasteiger partial charge in [-0.05, 0) is 41.8 Å². The fraction of sp³-hybridized carbons (Fsp3) is 0.133. The predicted octanol–water partition coefficient (Wildman–Crippen LogP) is 3.81. The van der Waals surface area contributed by atoms with Crippen LogP contribution in [0.3, 0.4) is 0 Å². The normalized spacial score (nSPS) is 11.8. The molecule has 0 spiro atoms. The minimum atomic E-state index is -0.351. The molecule has 2 aromatic rings. The maximum Gasteiger partial charge on any atom is 0.123 e. The van der Waals surface area contributed by atoms with E-state index in [2.05, 4.69) is 6.07 Å². The number of hydrogen-bond acceptors (Lipinski definition) is 1. The van der Waals surface area contributed by atoms with Gasteiger partial charge in [0, 0.05) is 0 Å². The van der Waals surface area contributed by atoms with Crippen molar-refractivity contribution < 1.29 is 8.78 Å². The minimum absolute atomic E-state index is 0.297. The minimum Gasteiger partial charge on any atom is -0.207 e. The lowest BCUT2D eigenvalue weighted by molar-refractivity contribution is 0.625. The van der Waals surface area contributed by atoms with Gasteiger partial charge in [-0.1, -0.05) is 24.3 Å². The van der Waals surface area contributed by atoms with Crippen molar-refractivity contribution >= 4 is 0 Å². The number of hydrogen-bond donors (Lipinski definition) is 0. The molecular formula is C15H11F2N. The second-order valence-electron chi connectivity index (χ2n) is 4.06. The summed E-state index contributed by atoms with van der Waals surface area (Å²) in [6.07, 6.45) is 0.489. The van der Waals surface area contributed by atoms with Gasteiger partial charge in [0.25, 0.3) is 0 Å². The van der Waals surface area contributed by atoms with Gasteiger partial charge < -0.3 is 0 Å². The lowest BCUT2D eigenvalue weighted by Crippen LogP contribution is -2.00. The lowest BCUT2D eigenvalue weighted by atomic mass is 9.93. The molecule has 0 aromatic heterocycles. The molecule has 0 aliphatic heterocycles. The summed E-state index contributed by atoms with van der Waals surface area (Å²) < 4.78 is 25.6. The van der Waals surface area contributed by atoms with Crippen molar-refractivity contribution in [3.05, 3.63) is 71.3 Å². The molecular weight excluding hydrogens is 232 g/mol. The summed E-state index contributed by atoms with van der Waals surface area (Å²) in [5.74, 6) is -0.970. The van der Waals surface area contributed by atoms with E-state index in [-0.39, 0.29) is 17.6 Å². The fourth-order valence-electron chi connectivity index (χ4n) is 1.79. The third kappa shape index (κ3) is 2.92. The largest absolute Gasteiger partial charge is 0.207 e. The molecule has 2 aromatic carbocycles. The SMILES string of the molecule is N#CC(Cc1ccc(F)cc1)c1ccc(F)cc1. The Kier molecular flexibility index (Phi) is 3.69. The first kappa shape index (κ1) is 12.3. The zero-order valence-corrected chi connectivity index (χ0v) is 9.61. The zero-order chi connectivity index (χ0) is 13.0. The van der Waals surface area contributed by atoms with E-state index in [0.29, 0.717) is 6.42 Å². The van der Waals surface area contributed by atoms with Crippen LogP contribution < -0.4 is 0 Å². The molecule has 0 N–H and O–H groups in total. The second-order valence-corrected chi connectivity index (χ2v) is 4.06. The van der Waals surface area contributed by atoms with Crippen LogP contribution in [0.5, 0.6) is 0 Å². The molecule has 3 heteroatoms. The van der Waals surface area contributed by atoms with Crippen molar-refractivity contribution in [1.29, 1.82) is 5.26 Å². The van der Waals surface area contributed by atoms with Crippen LogP contribution in [-0.4, -0.2) is 0 Å². The summed E-state index contributed by atoms with van der Waals surface area (Å²) in [7, 11) is 0. The molecule has 1 atom stereocenters. The molecule has 0 aliphatic carbocycles. The maximum atomic E-state index is 12.8. The molecule has 0 aliphatic rings. The first-order valence-corrected chi connectivity index (χ1v) is 5.58. The average Bonchev–Trinajstić information content (AvgIpc) is 2.39. The third-order valence-corrected chi connectivity index (χ3v) is 2.78. The molecule has 1 unspecified atom stereocenters. The van der Waals surface area contributed by atoms with Crippen LogP contribution in [0, 0.1) is 23.0 Å². The monoisotopic (exact) mass is 243 g/mol. The Morgan fingerprint density at radius 1 is 0.889 bits per heavy atom. The van der Waals surface area contributed by atoms with Crippen LogP contribution in [0.25, 0.3) is 0 Å². The third-order valence-electron chi connectivity index (χ3n) is 2.78. The molecule has 90 valence electrons. The first-order chi connectivity index (χ1) is 8.69. The van der Waals surface area contributed by atoms with E-state index in [4.69, 9.17) is 5.26 Å². The predicted molar refractivity (Wildman–Crippen MR) is 64.9 cm³/mol. The van der Waals surface area contributed by atoms with E-state index in [9.17, 15) is 8.78 Å². The van der Waals surface area contributed by atoms with Gasteiger partial charge in [0.05, 0.1) is 12.0 Å². The Morgan fingerprint density at radius 3 is 1.89 bits per heavy atom. The summed E-state index contributed by atoms with van der Waals surface area (Å²) in [6, 6.07) is 14.1. The quantitative estimate of drug-likeness (QED) is 0.804. The Morgan fingerprint density at radius 2 is 1.39 bits per heavy atom. The van der Waals surface area contributed by atoms with Gasteiger partial charge >= 0.3 is 0 Å². The summed E-state index contributed by atoms with van der Waals surface area (Å²) in [4.78, 5) is 0. The van der Waals surface area contributed by atoms with Gasteiger partial charge in [-0.15, -0.1) is 0 Å². The molecule has 0 bridgehead atoms. The molecule has 0 heterocycles. The van der Waals surface area contributed by atoms with Gasteiger partial charge in [-0.25, -0.2) is 8.78 Å². The van der Waals surface area contributed by atoms with Crippen LogP contribution >= 0.6 is 0 Å². The van der Waals surface area contributed by atoms with Crippen molar-refractivity contribution in [2.75, 3.05) is 0 Å². The van der Waals surface area contributed by atoms with E-state index in [1.54, 1.807) is 24.3 Å². The van der Waals surface area contributed by atoms with Gasteiger partial charge in [-0.3, -0.25) is 0 Å². The summed E-state index contributed by atoms with van der Waals surface area (Å²) in [5, 5.41) is 9.15. The Bertz CT molecular complexity index is 553. The topological polar surface area (TPSA) is 23.8 Å². The smallest absolute Gasteiger partial charge is 0.123 e. The number of benzene rings is 2. The molecule has 18 heavy (non-hydrogen) atoms. The van der Waals surface area contributed by atoms with Gasteiger partial charge in [0.1, 0.15) is 11.6 Å². The summed E-state index contributed by atoms with van der Waals surface area (Å²) in [6.45, 7) is 0.